The van der Waals surface area contributed by atoms with Gasteiger partial charge in [0.2, 0.25) is 0 Å². The number of halogens is 2. The van der Waals surface area contributed by atoms with Crippen LogP contribution in [0.15, 0.2) is 30.5 Å². The highest BCUT2D eigenvalue weighted by atomic mass is 35.5. The van der Waals surface area contributed by atoms with Crippen LogP contribution in [-0.4, -0.2) is 34.3 Å². The van der Waals surface area contributed by atoms with Gasteiger partial charge in [-0.15, -0.1) is 12.4 Å². The maximum absolute atomic E-state index is 13.6. The minimum Gasteiger partial charge on any atom is -0.314 e. The van der Waals surface area contributed by atoms with E-state index in [-0.39, 0.29) is 24.3 Å². The maximum atomic E-state index is 13.6. The average Bonchev–Trinajstić information content (AvgIpc) is 2.89. The van der Waals surface area contributed by atoms with Crippen LogP contribution in [0.5, 0.6) is 0 Å². The Morgan fingerprint density at radius 1 is 1.38 bits per heavy atom. The molecule has 1 aromatic carbocycles. The predicted octanol–water partition coefficient (Wildman–Crippen LogP) is 3.48. The zero-order valence-electron chi connectivity index (χ0n) is 14.5. The van der Waals surface area contributed by atoms with Crippen LogP contribution in [0, 0.1) is 12.7 Å². The highest BCUT2D eigenvalue weighted by Gasteiger charge is 2.25. The van der Waals surface area contributed by atoms with Gasteiger partial charge in [-0.05, 0) is 38.5 Å². The lowest BCUT2D eigenvalue weighted by atomic mass is 10.0. The average molecular weight is 353 g/mol. The number of piperazine rings is 1. The van der Waals surface area contributed by atoms with Crippen molar-refractivity contribution in [2.75, 3.05) is 19.6 Å². The van der Waals surface area contributed by atoms with Gasteiger partial charge >= 0.3 is 0 Å². The molecular weight excluding hydrogens is 327 g/mol. The van der Waals surface area contributed by atoms with E-state index in [1.54, 1.807) is 12.1 Å². The van der Waals surface area contributed by atoms with E-state index in [0.29, 0.717) is 6.04 Å². The number of aromatic nitrogens is 2. The second-order valence-corrected chi connectivity index (χ2v) is 6.56. The van der Waals surface area contributed by atoms with Gasteiger partial charge in [0.05, 0.1) is 5.69 Å². The van der Waals surface area contributed by atoms with Gasteiger partial charge in [-0.2, -0.15) is 5.10 Å². The van der Waals surface area contributed by atoms with E-state index in [1.807, 2.05) is 10.7 Å². The Labute approximate surface area is 149 Å². The predicted molar refractivity (Wildman–Crippen MR) is 97.0 cm³/mol. The first kappa shape index (κ1) is 18.9. The van der Waals surface area contributed by atoms with E-state index in [4.69, 9.17) is 0 Å². The summed E-state index contributed by atoms with van der Waals surface area (Å²) in [5.41, 5.74) is 3.36. The summed E-state index contributed by atoms with van der Waals surface area (Å²) in [6.45, 7) is 9.94. The van der Waals surface area contributed by atoms with Gasteiger partial charge in [0, 0.05) is 50.0 Å². The van der Waals surface area contributed by atoms with Crippen molar-refractivity contribution in [2.45, 2.75) is 39.4 Å². The van der Waals surface area contributed by atoms with E-state index in [0.717, 1.165) is 37.4 Å². The Bertz CT molecular complexity index is 671. The molecule has 3 rings (SSSR count). The lowest BCUT2D eigenvalue weighted by molar-refractivity contribution is 0.153. The molecule has 24 heavy (non-hydrogen) atoms. The first-order valence-corrected chi connectivity index (χ1v) is 8.29. The molecule has 2 heterocycles. The van der Waals surface area contributed by atoms with Gasteiger partial charge in [-0.1, -0.05) is 12.1 Å². The fourth-order valence-corrected chi connectivity index (χ4v) is 3.14. The molecule has 1 aromatic heterocycles. The molecule has 6 heteroatoms. The van der Waals surface area contributed by atoms with Crippen LogP contribution in [0.1, 0.15) is 42.8 Å². The third kappa shape index (κ3) is 4.15. The molecular formula is C18H26ClFN4. The van der Waals surface area contributed by atoms with Crippen LogP contribution < -0.4 is 5.32 Å². The molecule has 0 aliphatic carbocycles. The summed E-state index contributed by atoms with van der Waals surface area (Å²) in [5, 5.41) is 8.02. The first-order valence-electron chi connectivity index (χ1n) is 8.29. The van der Waals surface area contributed by atoms with Crippen LogP contribution in [0.2, 0.25) is 0 Å². The zero-order valence-corrected chi connectivity index (χ0v) is 15.3. The smallest absolute Gasteiger partial charge is 0.123 e. The quantitative estimate of drug-likeness (QED) is 0.914. The molecule has 4 nitrogen and oxygen atoms in total. The number of aryl methyl sites for hydroxylation is 1. The van der Waals surface area contributed by atoms with E-state index in [9.17, 15) is 4.39 Å². The van der Waals surface area contributed by atoms with Gasteiger partial charge in [0.15, 0.2) is 0 Å². The van der Waals surface area contributed by atoms with Gasteiger partial charge in [-0.25, -0.2) is 4.39 Å². The third-order valence-electron chi connectivity index (χ3n) is 4.51. The maximum Gasteiger partial charge on any atom is 0.123 e. The molecule has 0 bridgehead atoms. The van der Waals surface area contributed by atoms with Crippen molar-refractivity contribution >= 4 is 12.4 Å². The Morgan fingerprint density at radius 3 is 2.83 bits per heavy atom. The Hall–Kier alpha value is -1.43. The Balaban J connectivity index is 0.00000208. The minimum absolute atomic E-state index is 0. The second-order valence-electron chi connectivity index (χ2n) is 6.56. The highest BCUT2D eigenvalue weighted by Crippen LogP contribution is 2.25. The molecule has 1 unspecified atom stereocenters. The standard InChI is InChI=1S/C18H25FN4.ClH/c1-13(2)23-12-16(14(3)21-23)11-22-8-7-20-10-18(22)15-5-4-6-17(19)9-15;/h4-6,9,12-13,18,20H,7-8,10-11H2,1-3H3;1H. The first-order chi connectivity index (χ1) is 11.0. The van der Waals surface area contributed by atoms with Gasteiger partial charge in [0.25, 0.3) is 0 Å². The van der Waals surface area contributed by atoms with Crippen LogP contribution in [0.3, 0.4) is 0 Å². The molecule has 0 saturated carbocycles. The summed E-state index contributed by atoms with van der Waals surface area (Å²) in [5.74, 6) is -0.170. The fraction of sp³-hybridized carbons (Fsp3) is 0.500. The molecule has 1 atom stereocenters. The molecule has 1 saturated heterocycles. The zero-order chi connectivity index (χ0) is 16.4. The highest BCUT2D eigenvalue weighted by molar-refractivity contribution is 5.85. The largest absolute Gasteiger partial charge is 0.314 e. The van der Waals surface area contributed by atoms with E-state index >= 15 is 0 Å². The molecule has 1 fully saturated rings. The van der Waals surface area contributed by atoms with E-state index < -0.39 is 0 Å². The monoisotopic (exact) mass is 352 g/mol. The van der Waals surface area contributed by atoms with Crippen molar-refractivity contribution in [3.05, 3.63) is 53.1 Å². The van der Waals surface area contributed by atoms with Gasteiger partial charge in [-0.3, -0.25) is 9.58 Å². The molecule has 132 valence electrons. The molecule has 1 aliphatic rings. The van der Waals surface area contributed by atoms with Crippen LogP contribution in [0.4, 0.5) is 4.39 Å². The van der Waals surface area contributed by atoms with Crippen molar-refractivity contribution in [3.8, 4) is 0 Å². The Morgan fingerprint density at radius 2 is 2.17 bits per heavy atom. The summed E-state index contributed by atoms with van der Waals surface area (Å²) in [7, 11) is 0. The van der Waals surface area contributed by atoms with Gasteiger partial charge < -0.3 is 5.32 Å². The number of hydrogen-bond acceptors (Lipinski definition) is 3. The van der Waals surface area contributed by atoms with Crippen LogP contribution in [0.25, 0.3) is 0 Å². The van der Waals surface area contributed by atoms with Crippen LogP contribution >= 0.6 is 12.4 Å². The van der Waals surface area contributed by atoms with Gasteiger partial charge in [0.1, 0.15) is 5.82 Å². The molecule has 1 N–H and O–H groups in total. The van der Waals surface area contributed by atoms with Crippen molar-refractivity contribution in [1.29, 1.82) is 0 Å². The van der Waals surface area contributed by atoms with Crippen molar-refractivity contribution in [3.63, 3.8) is 0 Å². The number of benzene rings is 1. The second kappa shape index (κ2) is 8.10. The lowest BCUT2D eigenvalue weighted by Crippen LogP contribution is -2.45. The molecule has 0 radical (unpaired) electrons. The summed E-state index contributed by atoms with van der Waals surface area (Å²) in [6.07, 6.45) is 2.14. The SMILES string of the molecule is Cc1nn(C(C)C)cc1CN1CCNCC1c1cccc(F)c1.Cl. The number of nitrogens with zero attached hydrogens (tertiary/aromatic N) is 3. The summed E-state index contributed by atoms with van der Waals surface area (Å²) in [6, 6.07) is 7.51. The molecule has 2 aromatic rings. The third-order valence-corrected chi connectivity index (χ3v) is 4.51. The number of rotatable bonds is 4. The fourth-order valence-electron chi connectivity index (χ4n) is 3.14. The van der Waals surface area contributed by atoms with Crippen molar-refractivity contribution < 1.29 is 4.39 Å². The topological polar surface area (TPSA) is 33.1 Å². The lowest BCUT2D eigenvalue weighted by Gasteiger charge is -2.36. The molecule has 0 amide bonds. The van der Waals surface area contributed by atoms with E-state index in [2.05, 4.69) is 42.3 Å². The summed E-state index contributed by atoms with van der Waals surface area (Å²) >= 11 is 0. The van der Waals surface area contributed by atoms with Crippen molar-refractivity contribution in [2.24, 2.45) is 0 Å². The van der Waals surface area contributed by atoms with Crippen LogP contribution in [-0.2, 0) is 6.54 Å². The minimum atomic E-state index is -0.170. The molecule has 1 aliphatic heterocycles. The summed E-state index contributed by atoms with van der Waals surface area (Å²) < 4.78 is 15.6. The number of nitrogens with one attached hydrogen (secondary N) is 1. The summed E-state index contributed by atoms with van der Waals surface area (Å²) in [4.78, 5) is 2.42. The Kier molecular flexibility index (Phi) is 6.38. The molecule has 0 spiro atoms. The normalized spacial score (nSPS) is 18.6. The van der Waals surface area contributed by atoms with Crippen molar-refractivity contribution in [1.82, 2.24) is 20.0 Å². The number of hydrogen-bond donors (Lipinski definition) is 1. The van der Waals surface area contributed by atoms with E-state index in [1.165, 1.54) is 11.6 Å².